The van der Waals surface area contributed by atoms with Gasteiger partial charge in [0.05, 0.1) is 0 Å². The fraction of sp³-hybridized carbons (Fsp3) is 0.588. The van der Waals surface area contributed by atoms with E-state index in [1.54, 1.807) is 0 Å². The molecule has 1 spiro atoms. The number of nitrogens with one attached hydrogen (secondary N) is 1. The summed E-state index contributed by atoms with van der Waals surface area (Å²) in [7, 11) is 0. The fourth-order valence-electron chi connectivity index (χ4n) is 4.29. The molecule has 0 aromatic heterocycles. The maximum Gasteiger partial charge on any atom is 0.226 e. The smallest absolute Gasteiger partial charge is 0.226 e. The van der Waals surface area contributed by atoms with Crippen molar-refractivity contribution in [2.24, 2.45) is 5.92 Å². The van der Waals surface area contributed by atoms with Crippen LogP contribution in [0, 0.1) is 5.92 Å². The van der Waals surface area contributed by atoms with Crippen molar-refractivity contribution in [2.75, 3.05) is 19.6 Å². The Hall–Kier alpha value is -1.06. The molecule has 3 nitrogen and oxygen atoms in total. The molecule has 0 radical (unpaired) electrons. The molecule has 1 heterocycles. The SMILES string of the molecule is C[C@H]1CNCCN1C(=O)C1CC12CCc1ccccc12.Cl. The van der Waals surface area contributed by atoms with Crippen molar-refractivity contribution in [3.63, 3.8) is 0 Å². The molecule has 1 saturated heterocycles. The van der Waals surface area contributed by atoms with Gasteiger partial charge in [0.1, 0.15) is 0 Å². The molecule has 3 aliphatic rings. The summed E-state index contributed by atoms with van der Waals surface area (Å²) in [6.07, 6.45) is 3.39. The molecule has 0 bridgehead atoms. The van der Waals surface area contributed by atoms with Gasteiger partial charge in [-0.15, -0.1) is 12.4 Å². The van der Waals surface area contributed by atoms with Crippen LogP contribution < -0.4 is 5.32 Å². The molecule has 1 saturated carbocycles. The van der Waals surface area contributed by atoms with E-state index in [1.807, 2.05) is 0 Å². The van der Waals surface area contributed by atoms with Gasteiger partial charge in [-0.2, -0.15) is 0 Å². The largest absolute Gasteiger partial charge is 0.337 e. The van der Waals surface area contributed by atoms with Gasteiger partial charge in [-0.05, 0) is 37.3 Å². The highest BCUT2D eigenvalue weighted by molar-refractivity contribution is 5.85. The summed E-state index contributed by atoms with van der Waals surface area (Å²) in [6.45, 7) is 4.89. The van der Waals surface area contributed by atoms with Crippen LogP contribution in [0.4, 0.5) is 0 Å². The highest BCUT2D eigenvalue weighted by Crippen LogP contribution is 2.62. The van der Waals surface area contributed by atoms with E-state index in [0.29, 0.717) is 11.9 Å². The first kappa shape index (κ1) is 14.9. The second-order valence-corrected chi connectivity index (χ2v) is 6.65. The number of carbonyl (C=O) groups is 1. The van der Waals surface area contributed by atoms with Gasteiger partial charge in [0.25, 0.3) is 0 Å². The Labute approximate surface area is 132 Å². The number of piperazine rings is 1. The van der Waals surface area contributed by atoms with Crippen molar-refractivity contribution in [1.29, 1.82) is 0 Å². The van der Waals surface area contributed by atoms with E-state index >= 15 is 0 Å². The van der Waals surface area contributed by atoms with Crippen molar-refractivity contribution in [3.8, 4) is 0 Å². The molecule has 21 heavy (non-hydrogen) atoms. The Morgan fingerprint density at radius 3 is 3.00 bits per heavy atom. The van der Waals surface area contributed by atoms with Crippen molar-refractivity contribution >= 4 is 18.3 Å². The van der Waals surface area contributed by atoms with E-state index in [9.17, 15) is 4.79 Å². The minimum atomic E-state index is 0. The molecule has 3 atom stereocenters. The molecule has 1 aromatic rings. The topological polar surface area (TPSA) is 32.3 Å². The minimum absolute atomic E-state index is 0. The monoisotopic (exact) mass is 306 g/mol. The number of rotatable bonds is 1. The molecule has 4 rings (SSSR count). The zero-order valence-corrected chi connectivity index (χ0v) is 13.3. The third-order valence-corrected chi connectivity index (χ3v) is 5.55. The van der Waals surface area contributed by atoms with Crippen LogP contribution in [0.3, 0.4) is 0 Å². The second kappa shape index (κ2) is 5.29. The molecule has 1 amide bonds. The molecule has 2 fully saturated rings. The Bertz CT molecular complexity index is 561. The van der Waals surface area contributed by atoms with Crippen LogP contribution in [-0.2, 0) is 16.6 Å². The first-order valence-electron chi connectivity index (χ1n) is 7.82. The first-order chi connectivity index (χ1) is 9.72. The van der Waals surface area contributed by atoms with Crippen molar-refractivity contribution in [1.82, 2.24) is 10.2 Å². The van der Waals surface area contributed by atoms with Crippen LogP contribution in [0.2, 0.25) is 0 Å². The summed E-state index contributed by atoms with van der Waals surface area (Å²) < 4.78 is 0. The molecule has 1 N–H and O–H groups in total. The standard InChI is InChI=1S/C17H22N2O.ClH/c1-12-11-18-8-9-19(12)16(20)15-10-17(15)7-6-13-4-2-3-5-14(13)17;/h2-5,12,15,18H,6-11H2,1H3;1H/t12-,15?,17?;/m0./s1. The number of fused-ring (bicyclic) bond motifs is 2. The number of carbonyl (C=O) groups excluding carboxylic acids is 1. The van der Waals surface area contributed by atoms with Crippen LogP contribution in [0.5, 0.6) is 0 Å². The highest BCUT2D eigenvalue weighted by Gasteiger charge is 2.62. The lowest BCUT2D eigenvalue weighted by Gasteiger charge is -2.34. The van der Waals surface area contributed by atoms with Crippen LogP contribution in [-0.4, -0.2) is 36.5 Å². The van der Waals surface area contributed by atoms with E-state index in [0.717, 1.165) is 32.5 Å². The molecule has 1 aromatic carbocycles. The van der Waals surface area contributed by atoms with Gasteiger partial charge in [0.15, 0.2) is 0 Å². The van der Waals surface area contributed by atoms with E-state index in [-0.39, 0.29) is 23.7 Å². The number of hydrogen-bond donors (Lipinski definition) is 1. The summed E-state index contributed by atoms with van der Waals surface area (Å²) in [5.41, 5.74) is 3.12. The quantitative estimate of drug-likeness (QED) is 0.862. The molecular weight excluding hydrogens is 284 g/mol. The van der Waals surface area contributed by atoms with Crippen molar-refractivity contribution < 1.29 is 4.79 Å². The molecule has 2 aliphatic carbocycles. The molecule has 2 unspecified atom stereocenters. The molecule has 114 valence electrons. The zero-order chi connectivity index (χ0) is 13.7. The third kappa shape index (κ3) is 2.18. The maximum atomic E-state index is 12.8. The van der Waals surface area contributed by atoms with Crippen LogP contribution in [0.1, 0.15) is 30.9 Å². The summed E-state index contributed by atoms with van der Waals surface area (Å²) in [6, 6.07) is 9.06. The number of amides is 1. The molecule has 1 aliphatic heterocycles. The Kier molecular flexibility index (Phi) is 3.74. The second-order valence-electron chi connectivity index (χ2n) is 6.65. The van der Waals surface area contributed by atoms with Gasteiger partial charge in [-0.1, -0.05) is 24.3 Å². The van der Waals surface area contributed by atoms with Crippen LogP contribution in [0.25, 0.3) is 0 Å². The van der Waals surface area contributed by atoms with Gasteiger partial charge in [0, 0.05) is 37.0 Å². The van der Waals surface area contributed by atoms with Gasteiger partial charge < -0.3 is 10.2 Å². The summed E-state index contributed by atoms with van der Waals surface area (Å²) in [5, 5.41) is 3.36. The van der Waals surface area contributed by atoms with Gasteiger partial charge in [-0.3, -0.25) is 4.79 Å². The highest BCUT2D eigenvalue weighted by atomic mass is 35.5. The van der Waals surface area contributed by atoms with E-state index in [4.69, 9.17) is 0 Å². The third-order valence-electron chi connectivity index (χ3n) is 5.55. The maximum absolute atomic E-state index is 12.8. The van der Waals surface area contributed by atoms with Gasteiger partial charge in [0.2, 0.25) is 5.91 Å². The number of hydrogen-bond acceptors (Lipinski definition) is 2. The number of halogens is 1. The Balaban J connectivity index is 0.00000132. The van der Waals surface area contributed by atoms with Crippen LogP contribution in [0.15, 0.2) is 24.3 Å². The fourth-order valence-corrected chi connectivity index (χ4v) is 4.29. The lowest BCUT2D eigenvalue weighted by atomic mass is 9.94. The number of benzene rings is 1. The first-order valence-corrected chi connectivity index (χ1v) is 7.82. The zero-order valence-electron chi connectivity index (χ0n) is 12.5. The minimum Gasteiger partial charge on any atom is -0.337 e. The van der Waals surface area contributed by atoms with Crippen LogP contribution >= 0.6 is 12.4 Å². The average Bonchev–Trinajstić information content (AvgIpc) is 3.09. The van der Waals surface area contributed by atoms with Gasteiger partial charge in [-0.25, -0.2) is 0 Å². The normalized spacial score (nSPS) is 33.5. The lowest BCUT2D eigenvalue weighted by molar-refractivity contribution is -0.135. The molecule has 4 heteroatoms. The summed E-state index contributed by atoms with van der Waals surface area (Å²) in [4.78, 5) is 14.9. The van der Waals surface area contributed by atoms with E-state index in [1.165, 1.54) is 17.5 Å². The van der Waals surface area contributed by atoms with E-state index in [2.05, 4.69) is 41.4 Å². The predicted molar refractivity (Wildman–Crippen MR) is 85.8 cm³/mol. The predicted octanol–water partition coefficient (Wildman–Crippen LogP) is 2.13. The lowest BCUT2D eigenvalue weighted by Crippen LogP contribution is -2.53. The molecular formula is C17H23ClN2O. The summed E-state index contributed by atoms with van der Waals surface area (Å²) >= 11 is 0. The van der Waals surface area contributed by atoms with Gasteiger partial charge >= 0.3 is 0 Å². The summed E-state index contributed by atoms with van der Waals surface area (Å²) in [5.74, 6) is 0.641. The van der Waals surface area contributed by atoms with Crippen molar-refractivity contribution in [2.45, 2.75) is 37.6 Å². The average molecular weight is 307 g/mol. The Morgan fingerprint density at radius 2 is 2.19 bits per heavy atom. The Morgan fingerprint density at radius 1 is 1.38 bits per heavy atom. The van der Waals surface area contributed by atoms with Crippen molar-refractivity contribution in [3.05, 3.63) is 35.4 Å². The number of nitrogens with zero attached hydrogens (tertiary/aromatic N) is 1. The van der Waals surface area contributed by atoms with E-state index < -0.39 is 0 Å². The number of aryl methyl sites for hydroxylation is 1.